The Bertz CT molecular complexity index is 637. The summed E-state index contributed by atoms with van der Waals surface area (Å²) in [6, 6.07) is 12.0. The van der Waals surface area contributed by atoms with Gasteiger partial charge in [-0.05, 0) is 25.6 Å². The van der Waals surface area contributed by atoms with Gasteiger partial charge in [0.05, 0.1) is 0 Å². The van der Waals surface area contributed by atoms with Gasteiger partial charge in [-0.3, -0.25) is 4.90 Å². The maximum atomic E-state index is 10.1. The van der Waals surface area contributed by atoms with Crippen molar-refractivity contribution in [2.45, 2.75) is 20.0 Å². The third-order valence-corrected chi connectivity index (χ3v) is 3.59. The second-order valence-electron chi connectivity index (χ2n) is 5.49. The first-order valence-corrected chi connectivity index (χ1v) is 6.97. The van der Waals surface area contributed by atoms with Gasteiger partial charge >= 0.3 is 0 Å². The Hall–Kier alpha value is -2.20. The number of hydrogen-bond acceptors (Lipinski definition) is 4. The quantitative estimate of drug-likeness (QED) is 0.937. The number of phenolic OH excluding ortho intramolecular Hbond substituents is 1. The number of phenols is 1. The van der Waals surface area contributed by atoms with E-state index in [1.54, 1.807) is 6.07 Å². The topological polar surface area (TPSA) is 41.9 Å². The van der Waals surface area contributed by atoms with Crippen molar-refractivity contribution >= 4 is 0 Å². The van der Waals surface area contributed by atoms with E-state index in [4.69, 9.17) is 9.47 Å². The fourth-order valence-electron chi connectivity index (χ4n) is 2.45. The molecule has 0 atom stereocenters. The molecule has 1 N–H and O–H groups in total. The molecule has 0 saturated heterocycles. The third kappa shape index (κ3) is 3.11. The summed E-state index contributed by atoms with van der Waals surface area (Å²) in [6.07, 6.45) is 0. The zero-order valence-electron chi connectivity index (χ0n) is 12.3. The molecule has 110 valence electrons. The van der Waals surface area contributed by atoms with E-state index in [1.807, 2.05) is 13.1 Å². The highest BCUT2D eigenvalue weighted by Gasteiger charge is 2.17. The normalized spacial score (nSPS) is 12.9. The molecule has 0 bridgehead atoms. The number of fused-ring (bicyclic) bond motifs is 1. The third-order valence-electron chi connectivity index (χ3n) is 3.59. The zero-order valence-corrected chi connectivity index (χ0v) is 12.3. The van der Waals surface area contributed by atoms with Gasteiger partial charge in [-0.1, -0.05) is 29.8 Å². The summed E-state index contributed by atoms with van der Waals surface area (Å²) in [5.74, 6) is 1.55. The van der Waals surface area contributed by atoms with Gasteiger partial charge in [-0.2, -0.15) is 0 Å². The number of aryl methyl sites for hydroxylation is 1. The molecule has 0 fully saturated rings. The molecule has 0 radical (unpaired) electrons. The average Bonchev–Trinajstić information content (AvgIpc) is 2.89. The second-order valence-corrected chi connectivity index (χ2v) is 5.49. The first-order chi connectivity index (χ1) is 10.1. The lowest BCUT2D eigenvalue weighted by Crippen LogP contribution is -2.17. The summed E-state index contributed by atoms with van der Waals surface area (Å²) in [5, 5.41) is 10.1. The highest BCUT2D eigenvalue weighted by atomic mass is 16.7. The van der Waals surface area contributed by atoms with Crippen molar-refractivity contribution < 1.29 is 14.6 Å². The van der Waals surface area contributed by atoms with E-state index in [2.05, 4.69) is 36.1 Å². The molecule has 0 aromatic heterocycles. The van der Waals surface area contributed by atoms with Crippen molar-refractivity contribution in [1.29, 1.82) is 0 Å². The minimum Gasteiger partial charge on any atom is -0.507 e. The molecule has 0 aliphatic carbocycles. The maximum absolute atomic E-state index is 10.1. The Morgan fingerprint density at radius 1 is 1.05 bits per heavy atom. The minimum atomic E-state index is 0.220. The van der Waals surface area contributed by atoms with Crippen LogP contribution in [0.3, 0.4) is 0 Å². The highest BCUT2D eigenvalue weighted by Crippen LogP contribution is 2.37. The molecule has 21 heavy (non-hydrogen) atoms. The predicted molar refractivity (Wildman–Crippen MR) is 80.6 cm³/mol. The minimum absolute atomic E-state index is 0.220. The summed E-state index contributed by atoms with van der Waals surface area (Å²) < 4.78 is 10.6. The first kappa shape index (κ1) is 13.8. The summed E-state index contributed by atoms with van der Waals surface area (Å²) in [6.45, 7) is 3.78. The van der Waals surface area contributed by atoms with Crippen LogP contribution in [0.1, 0.15) is 16.7 Å². The average molecular weight is 285 g/mol. The fraction of sp³-hybridized carbons (Fsp3) is 0.294. The van der Waals surface area contributed by atoms with Gasteiger partial charge in [-0.15, -0.1) is 0 Å². The van der Waals surface area contributed by atoms with Crippen LogP contribution < -0.4 is 9.47 Å². The van der Waals surface area contributed by atoms with Crippen LogP contribution in [0.25, 0.3) is 0 Å². The molecule has 4 heteroatoms. The molecular formula is C17H19NO3. The van der Waals surface area contributed by atoms with E-state index in [0.717, 1.165) is 12.1 Å². The summed E-state index contributed by atoms with van der Waals surface area (Å²) in [5.41, 5.74) is 3.35. The molecule has 0 unspecified atom stereocenters. The Balaban J connectivity index is 1.70. The monoisotopic (exact) mass is 285 g/mol. The van der Waals surface area contributed by atoms with Gasteiger partial charge in [0.25, 0.3) is 0 Å². The van der Waals surface area contributed by atoms with Crippen molar-refractivity contribution in [3.63, 3.8) is 0 Å². The van der Waals surface area contributed by atoms with Gasteiger partial charge in [0.2, 0.25) is 6.79 Å². The number of ether oxygens (including phenoxy) is 2. The van der Waals surface area contributed by atoms with Crippen LogP contribution in [0, 0.1) is 6.92 Å². The predicted octanol–water partition coefficient (Wildman–Crippen LogP) is 3.06. The molecule has 2 aromatic carbocycles. The number of aromatic hydroxyl groups is 1. The van der Waals surface area contributed by atoms with Gasteiger partial charge in [0.1, 0.15) is 5.75 Å². The van der Waals surface area contributed by atoms with E-state index < -0.39 is 0 Å². The maximum Gasteiger partial charge on any atom is 0.231 e. The van der Waals surface area contributed by atoms with Gasteiger partial charge < -0.3 is 14.6 Å². The molecule has 0 amide bonds. The SMILES string of the molecule is Cc1ccc(CN(C)Cc2cc3c(cc2O)OCO3)cc1. The molecule has 4 nitrogen and oxygen atoms in total. The number of nitrogens with zero attached hydrogens (tertiary/aromatic N) is 1. The molecule has 1 aliphatic heterocycles. The smallest absolute Gasteiger partial charge is 0.231 e. The van der Waals surface area contributed by atoms with Crippen LogP contribution in [0.4, 0.5) is 0 Å². The summed E-state index contributed by atoms with van der Waals surface area (Å²) in [4.78, 5) is 2.15. The van der Waals surface area contributed by atoms with Gasteiger partial charge in [-0.25, -0.2) is 0 Å². The lowest BCUT2D eigenvalue weighted by atomic mass is 10.1. The van der Waals surface area contributed by atoms with E-state index in [0.29, 0.717) is 18.0 Å². The summed E-state index contributed by atoms with van der Waals surface area (Å²) >= 11 is 0. The van der Waals surface area contributed by atoms with Crippen LogP contribution in [-0.4, -0.2) is 23.8 Å². The molecule has 2 aromatic rings. The van der Waals surface area contributed by atoms with Gasteiger partial charge in [0, 0.05) is 24.7 Å². The zero-order chi connectivity index (χ0) is 14.8. The first-order valence-electron chi connectivity index (χ1n) is 6.97. The Labute approximate surface area is 124 Å². The van der Waals surface area contributed by atoms with Crippen LogP contribution >= 0.6 is 0 Å². The Morgan fingerprint density at radius 2 is 1.71 bits per heavy atom. The summed E-state index contributed by atoms with van der Waals surface area (Å²) in [7, 11) is 2.03. The van der Waals surface area contributed by atoms with Crippen LogP contribution in [-0.2, 0) is 13.1 Å². The van der Waals surface area contributed by atoms with Crippen molar-refractivity contribution in [2.75, 3.05) is 13.8 Å². The second kappa shape index (κ2) is 5.66. The van der Waals surface area contributed by atoms with E-state index in [-0.39, 0.29) is 12.5 Å². The lowest BCUT2D eigenvalue weighted by molar-refractivity contribution is 0.174. The molecule has 1 aliphatic rings. The number of benzene rings is 2. The highest BCUT2D eigenvalue weighted by molar-refractivity contribution is 5.51. The molecule has 1 heterocycles. The van der Waals surface area contributed by atoms with Crippen LogP contribution in [0.15, 0.2) is 36.4 Å². The van der Waals surface area contributed by atoms with Crippen molar-refractivity contribution in [2.24, 2.45) is 0 Å². The standard InChI is InChI=1S/C17H19NO3/c1-12-3-5-13(6-4-12)9-18(2)10-14-7-16-17(8-15(14)19)21-11-20-16/h3-8,19H,9-11H2,1-2H3. The van der Waals surface area contributed by atoms with Gasteiger partial charge in [0.15, 0.2) is 11.5 Å². The Kier molecular flexibility index (Phi) is 3.71. The van der Waals surface area contributed by atoms with Crippen molar-refractivity contribution in [3.05, 3.63) is 53.1 Å². The van der Waals surface area contributed by atoms with E-state index >= 15 is 0 Å². The molecule has 3 rings (SSSR count). The lowest BCUT2D eigenvalue weighted by Gasteiger charge is -2.18. The van der Waals surface area contributed by atoms with Crippen molar-refractivity contribution in [1.82, 2.24) is 4.90 Å². The number of hydrogen-bond donors (Lipinski definition) is 1. The van der Waals surface area contributed by atoms with E-state index in [1.165, 1.54) is 11.1 Å². The number of rotatable bonds is 4. The van der Waals surface area contributed by atoms with Crippen molar-refractivity contribution in [3.8, 4) is 17.2 Å². The van der Waals surface area contributed by atoms with Crippen LogP contribution in [0.5, 0.6) is 17.2 Å². The van der Waals surface area contributed by atoms with E-state index in [9.17, 15) is 5.11 Å². The Morgan fingerprint density at radius 3 is 2.43 bits per heavy atom. The largest absolute Gasteiger partial charge is 0.507 e. The molecule has 0 spiro atoms. The fourth-order valence-corrected chi connectivity index (χ4v) is 2.45. The molecule has 0 saturated carbocycles. The van der Waals surface area contributed by atoms with Crippen LogP contribution in [0.2, 0.25) is 0 Å². The molecular weight excluding hydrogens is 266 g/mol.